The topological polar surface area (TPSA) is 0 Å². The van der Waals surface area contributed by atoms with Gasteiger partial charge in [0.15, 0.2) is 0 Å². The van der Waals surface area contributed by atoms with Gasteiger partial charge in [0.25, 0.3) is 0 Å². The second kappa shape index (κ2) is 5.90. The normalized spacial score (nSPS) is 14.5. The Bertz CT molecular complexity index is 862. The molecule has 0 saturated heterocycles. The Kier molecular flexibility index (Phi) is 4.20. The molecular weight excluding hydrogens is 584 g/mol. The van der Waals surface area contributed by atoms with Gasteiger partial charge in [0.2, 0.25) is 0 Å². The zero-order valence-corrected chi connectivity index (χ0v) is 18.7. The summed E-state index contributed by atoms with van der Waals surface area (Å²) in [5.41, 5.74) is 2.98. The van der Waals surface area contributed by atoms with Gasteiger partial charge in [0.05, 0.1) is 0 Å². The number of rotatable bonds is 2. The van der Waals surface area contributed by atoms with Crippen LogP contribution in [0.1, 0.15) is 11.1 Å². The summed E-state index contributed by atoms with van der Waals surface area (Å²) in [6, 6.07) is 19.9. The van der Waals surface area contributed by atoms with E-state index in [1.807, 2.05) is 0 Å². The zero-order chi connectivity index (χ0) is 15.3. The van der Waals surface area contributed by atoms with Gasteiger partial charge in [-0.2, -0.15) is 0 Å². The summed E-state index contributed by atoms with van der Waals surface area (Å²) in [5, 5.41) is 2.86. The molecular formula is C18H13Br3Te. The molecule has 4 heteroatoms. The van der Waals surface area contributed by atoms with E-state index in [1.165, 1.54) is 46.4 Å². The van der Waals surface area contributed by atoms with Crippen molar-refractivity contribution in [3.8, 4) is 0 Å². The maximum atomic E-state index is 4.11. The Balaban J connectivity index is 2.05. The molecule has 3 aromatic rings. The predicted molar refractivity (Wildman–Crippen MR) is 108 cm³/mol. The SMILES string of the molecule is Brc1ccc2c3c(ccc([Te](Br)(Br)c4ccccc4)c13)CC2. The quantitative estimate of drug-likeness (QED) is 0.364. The Morgan fingerprint density at radius 2 is 1.36 bits per heavy atom. The first-order valence-corrected chi connectivity index (χ1v) is 20.7. The Morgan fingerprint density at radius 1 is 0.727 bits per heavy atom. The van der Waals surface area contributed by atoms with E-state index in [0.717, 1.165) is 0 Å². The van der Waals surface area contributed by atoms with Gasteiger partial charge in [-0.05, 0) is 0 Å². The molecule has 0 amide bonds. The summed E-state index contributed by atoms with van der Waals surface area (Å²) in [6.07, 6.45) is 2.33. The van der Waals surface area contributed by atoms with Gasteiger partial charge >= 0.3 is 156 Å². The van der Waals surface area contributed by atoms with Crippen LogP contribution in [-0.4, -0.2) is 13.8 Å². The van der Waals surface area contributed by atoms with Gasteiger partial charge in [-0.15, -0.1) is 0 Å². The third-order valence-electron chi connectivity index (χ3n) is 4.22. The predicted octanol–water partition coefficient (Wildman–Crippen LogP) is 5.05. The van der Waals surface area contributed by atoms with Crippen molar-refractivity contribution in [1.29, 1.82) is 0 Å². The number of benzene rings is 3. The molecule has 0 nitrogen and oxygen atoms in total. The molecule has 0 saturated carbocycles. The molecule has 0 unspecified atom stereocenters. The molecule has 112 valence electrons. The summed E-state index contributed by atoms with van der Waals surface area (Å²) in [5.74, 6) is 0. The van der Waals surface area contributed by atoms with Gasteiger partial charge in [-0.1, -0.05) is 0 Å². The molecule has 0 aliphatic heterocycles. The summed E-state index contributed by atoms with van der Waals surface area (Å²) < 4.78 is 4.02. The Morgan fingerprint density at radius 3 is 2.05 bits per heavy atom. The second-order valence-corrected chi connectivity index (χ2v) is 30.5. The van der Waals surface area contributed by atoms with Crippen LogP contribution in [-0.2, 0) is 12.8 Å². The first-order chi connectivity index (χ1) is 10.6. The van der Waals surface area contributed by atoms with Gasteiger partial charge in [-0.25, -0.2) is 0 Å². The van der Waals surface area contributed by atoms with Crippen molar-refractivity contribution >= 4 is 73.2 Å². The summed E-state index contributed by atoms with van der Waals surface area (Å²) in [4.78, 5) is 0. The number of aryl methyl sites for hydroxylation is 2. The number of halogens is 3. The van der Waals surface area contributed by atoms with Crippen LogP contribution in [0.25, 0.3) is 10.8 Å². The van der Waals surface area contributed by atoms with E-state index in [2.05, 4.69) is 96.0 Å². The van der Waals surface area contributed by atoms with Crippen LogP contribution < -0.4 is 7.22 Å². The van der Waals surface area contributed by atoms with Crippen molar-refractivity contribution in [1.82, 2.24) is 0 Å². The average Bonchev–Trinajstić information content (AvgIpc) is 2.96. The van der Waals surface area contributed by atoms with Crippen LogP contribution in [0.4, 0.5) is 0 Å². The summed E-state index contributed by atoms with van der Waals surface area (Å²) >= 11 is 9.32. The van der Waals surface area contributed by atoms with Crippen molar-refractivity contribution in [3.05, 3.63) is 70.2 Å². The molecule has 1 aliphatic rings. The maximum absolute atomic E-state index is 4.11. The van der Waals surface area contributed by atoms with Gasteiger partial charge in [0.1, 0.15) is 0 Å². The molecule has 0 radical (unpaired) electrons. The average molecular weight is 597 g/mol. The monoisotopic (exact) mass is 596 g/mol. The van der Waals surface area contributed by atoms with E-state index >= 15 is 0 Å². The van der Waals surface area contributed by atoms with Crippen molar-refractivity contribution in [2.24, 2.45) is 0 Å². The van der Waals surface area contributed by atoms with Crippen LogP contribution in [0.15, 0.2) is 59.1 Å². The van der Waals surface area contributed by atoms with Gasteiger partial charge < -0.3 is 0 Å². The van der Waals surface area contributed by atoms with Crippen LogP contribution in [0.5, 0.6) is 0 Å². The van der Waals surface area contributed by atoms with Crippen LogP contribution in [0.2, 0.25) is 0 Å². The van der Waals surface area contributed by atoms with Crippen molar-refractivity contribution in [2.75, 3.05) is 0 Å². The molecule has 0 N–H and O–H groups in total. The molecule has 0 fully saturated rings. The van der Waals surface area contributed by atoms with Gasteiger partial charge in [0, 0.05) is 0 Å². The van der Waals surface area contributed by atoms with E-state index in [9.17, 15) is 0 Å². The van der Waals surface area contributed by atoms with E-state index < -0.39 is 13.8 Å². The third-order valence-corrected chi connectivity index (χ3v) is 19.6. The first-order valence-electron chi connectivity index (χ1n) is 7.09. The summed E-state index contributed by atoms with van der Waals surface area (Å²) in [6.45, 7) is 0. The van der Waals surface area contributed by atoms with Gasteiger partial charge in [-0.3, -0.25) is 0 Å². The fraction of sp³-hybridized carbons (Fsp3) is 0.111. The zero-order valence-electron chi connectivity index (χ0n) is 11.7. The first kappa shape index (κ1) is 15.7. The molecule has 0 aromatic heterocycles. The molecule has 4 rings (SSSR count). The molecule has 0 atom stereocenters. The minimum absolute atomic E-state index is 1.17. The fourth-order valence-corrected chi connectivity index (χ4v) is 14.8. The Labute approximate surface area is 154 Å². The fourth-order valence-electron chi connectivity index (χ4n) is 3.19. The molecule has 1 aliphatic carbocycles. The van der Waals surface area contributed by atoms with Crippen LogP contribution in [0.3, 0.4) is 0 Å². The summed E-state index contributed by atoms with van der Waals surface area (Å²) in [7, 11) is 0. The number of hydrogen-bond donors (Lipinski definition) is 0. The minimum atomic E-state index is -2.70. The molecule has 3 aromatic carbocycles. The standard InChI is InChI=1S/C18H13Br3Te/c19-15-10-8-12-6-7-13-9-11-16(18(15)17(12)13)22(20,21)14-4-2-1-3-5-14/h1-5,8-11H,6-7H2. The third kappa shape index (κ3) is 2.43. The van der Waals surface area contributed by atoms with E-state index in [1.54, 1.807) is 0 Å². The van der Waals surface area contributed by atoms with Crippen LogP contribution in [0, 0.1) is 0 Å². The second-order valence-electron chi connectivity index (χ2n) is 5.46. The van der Waals surface area contributed by atoms with E-state index in [0.29, 0.717) is 0 Å². The molecule has 0 bridgehead atoms. The van der Waals surface area contributed by atoms with E-state index in [4.69, 9.17) is 0 Å². The molecule has 22 heavy (non-hydrogen) atoms. The van der Waals surface area contributed by atoms with E-state index in [-0.39, 0.29) is 0 Å². The Hall–Kier alpha value is 0.150. The van der Waals surface area contributed by atoms with Crippen LogP contribution >= 0.6 is 41.4 Å². The van der Waals surface area contributed by atoms with Crippen molar-refractivity contribution < 1.29 is 0 Å². The molecule has 0 heterocycles. The number of hydrogen-bond acceptors (Lipinski definition) is 0. The van der Waals surface area contributed by atoms with Crippen molar-refractivity contribution in [2.45, 2.75) is 12.8 Å². The van der Waals surface area contributed by atoms with Crippen molar-refractivity contribution in [3.63, 3.8) is 0 Å². The molecule has 0 spiro atoms.